The number of ether oxygens (including phenoxy) is 2. The minimum absolute atomic E-state index is 0.396. The first-order valence-corrected chi connectivity index (χ1v) is 5.71. The van der Waals surface area contributed by atoms with Gasteiger partial charge in [0.1, 0.15) is 5.75 Å². The highest BCUT2D eigenvalue weighted by Crippen LogP contribution is 2.22. The smallest absolute Gasteiger partial charge is 0.346 e. The molecule has 1 aromatic carbocycles. The standard InChI is InChI=1S/C14H15NO3/c1-9-6-7-15-13-8-11(4-5-12(9)13)18-10(2)14(16)17-3/h4-8,10H,1-3H3. The molecule has 94 valence electrons. The van der Waals surface area contributed by atoms with Gasteiger partial charge in [0.05, 0.1) is 12.6 Å². The van der Waals surface area contributed by atoms with Gasteiger partial charge in [-0.15, -0.1) is 0 Å². The van der Waals surface area contributed by atoms with Gasteiger partial charge < -0.3 is 9.47 Å². The fraction of sp³-hybridized carbons (Fsp3) is 0.286. The van der Waals surface area contributed by atoms with Gasteiger partial charge in [0, 0.05) is 17.6 Å². The molecule has 18 heavy (non-hydrogen) atoms. The summed E-state index contributed by atoms with van der Waals surface area (Å²) in [6.07, 6.45) is 1.13. The number of fused-ring (bicyclic) bond motifs is 1. The number of nitrogens with zero attached hydrogens (tertiary/aromatic N) is 1. The number of hydrogen-bond acceptors (Lipinski definition) is 4. The van der Waals surface area contributed by atoms with E-state index in [1.807, 2.05) is 31.2 Å². The summed E-state index contributed by atoms with van der Waals surface area (Å²) in [4.78, 5) is 15.5. The molecule has 0 aliphatic carbocycles. The van der Waals surface area contributed by atoms with Crippen molar-refractivity contribution in [2.45, 2.75) is 20.0 Å². The van der Waals surface area contributed by atoms with Gasteiger partial charge >= 0.3 is 5.97 Å². The Bertz CT molecular complexity index is 580. The maximum absolute atomic E-state index is 11.3. The molecule has 0 aliphatic heterocycles. The first-order chi connectivity index (χ1) is 8.61. The van der Waals surface area contributed by atoms with Gasteiger partial charge in [-0.2, -0.15) is 0 Å². The number of carbonyl (C=O) groups excluding carboxylic acids is 1. The third-order valence-corrected chi connectivity index (χ3v) is 2.78. The van der Waals surface area contributed by atoms with Gasteiger partial charge in [-0.1, -0.05) is 0 Å². The summed E-state index contributed by atoms with van der Waals surface area (Å²) in [6, 6.07) is 7.55. The number of hydrogen-bond donors (Lipinski definition) is 0. The molecular formula is C14H15NO3. The number of pyridine rings is 1. The van der Waals surface area contributed by atoms with E-state index in [0.717, 1.165) is 16.5 Å². The molecule has 0 amide bonds. The van der Waals surface area contributed by atoms with Gasteiger partial charge in [-0.25, -0.2) is 4.79 Å². The van der Waals surface area contributed by atoms with Crippen LogP contribution >= 0.6 is 0 Å². The number of methoxy groups -OCH3 is 1. The second-order valence-electron chi connectivity index (χ2n) is 4.09. The van der Waals surface area contributed by atoms with E-state index < -0.39 is 12.1 Å². The predicted molar refractivity (Wildman–Crippen MR) is 68.6 cm³/mol. The molecule has 0 saturated heterocycles. The predicted octanol–water partition coefficient (Wildman–Crippen LogP) is 2.48. The highest BCUT2D eigenvalue weighted by Gasteiger charge is 2.14. The monoisotopic (exact) mass is 245 g/mol. The molecule has 2 rings (SSSR count). The Morgan fingerprint density at radius 1 is 1.33 bits per heavy atom. The van der Waals surface area contributed by atoms with Crippen molar-refractivity contribution < 1.29 is 14.3 Å². The SMILES string of the molecule is COC(=O)C(C)Oc1ccc2c(C)ccnc2c1. The number of aryl methyl sites for hydroxylation is 1. The highest BCUT2D eigenvalue weighted by molar-refractivity contribution is 5.83. The van der Waals surface area contributed by atoms with Gasteiger partial charge in [0.2, 0.25) is 0 Å². The van der Waals surface area contributed by atoms with Crippen LogP contribution in [0.15, 0.2) is 30.5 Å². The van der Waals surface area contributed by atoms with Crippen LogP contribution in [0.1, 0.15) is 12.5 Å². The van der Waals surface area contributed by atoms with Gasteiger partial charge in [0.25, 0.3) is 0 Å². The molecule has 1 aromatic heterocycles. The third-order valence-electron chi connectivity index (χ3n) is 2.78. The van der Waals surface area contributed by atoms with E-state index in [-0.39, 0.29) is 0 Å². The van der Waals surface area contributed by atoms with Crippen molar-refractivity contribution in [1.29, 1.82) is 0 Å². The van der Waals surface area contributed by atoms with Crippen LogP contribution in [0, 0.1) is 6.92 Å². The van der Waals surface area contributed by atoms with Crippen LogP contribution in [-0.4, -0.2) is 24.2 Å². The Balaban J connectivity index is 2.28. The Morgan fingerprint density at radius 3 is 2.83 bits per heavy atom. The van der Waals surface area contributed by atoms with E-state index in [0.29, 0.717) is 5.75 Å². The maximum Gasteiger partial charge on any atom is 0.346 e. The molecule has 0 N–H and O–H groups in total. The first-order valence-electron chi connectivity index (χ1n) is 5.71. The minimum atomic E-state index is -0.628. The molecule has 4 nitrogen and oxygen atoms in total. The van der Waals surface area contributed by atoms with Crippen molar-refractivity contribution in [3.63, 3.8) is 0 Å². The lowest BCUT2D eigenvalue weighted by molar-refractivity contribution is -0.147. The van der Waals surface area contributed by atoms with E-state index in [4.69, 9.17) is 4.74 Å². The van der Waals surface area contributed by atoms with E-state index in [1.165, 1.54) is 7.11 Å². The van der Waals surface area contributed by atoms with Crippen molar-refractivity contribution in [2.75, 3.05) is 7.11 Å². The second kappa shape index (κ2) is 5.04. The van der Waals surface area contributed by atoms with Gasteiger partial charge in [-0.3, -0.25) is 4.98 Å². The molecule has 0 spiro atoms. The average molecular weight is 245 g/mol. The van der Waals surface area contributed by atoms with Crippen molar-refractivity contribution >= 4 is 16.9 Å². The van der Waals surface area contributed by atoms with Crippen LogP contribution in [0.3, 0.4) is 0 Å². The molecule has 1 unspecified atom stereocenters. The van der Waals surface area contributed by atoms with Gasteiger partial charge in [-0.05, 0) is 37.6 Å². The number of benzene rings is 1. The number of rotatable bonds is 3. The summed E-state index contributed by atoms with van der Waals surface area (Å²) in [5, 5.41) is 1.08. The van der Waals surface area contributed by atoms with Crippen LogP contribution in [0.2, 0.25) is 0 Å². The zero-order chi connectivity index (χ0) is 13.1. The molecule has 0 saturated carbocycles. The Kier molecular flexibility index (Phi) is 3.46. The fourth-order valence-electron chi connectivity index (χ4n) is 1.76. The summed E-state index contributed by atoms with van der Waals surface area (Å²) < 4.78 is 10.1. The summed E-state index contributed by atoms with van der Waals surface area (Å²) in [7, 11) is 1.34. The lowest BCUT2D eigenvalue weighted by atomic mass is 10.1. The quantitative estimate of drug-likeness (QED) is 0.779. The number of carbonyl (C=O) groups is 1. The van der Waals surface area contributed by atoms with Gasteiger partial charge in [0.15, 0.2) is 6.10 Å². The molecule has 2 aromatic rings. The van der Waals surface area contributed by atoms with E-state index in [1.54, 1.807) is 13.1 Å². The second-order valence-corrected chi connectivity index (χ2v) is 4.09. The lowest BCUT2D eigenvalue weighted by Crippen LogP contribution is -2.24. The maximum atomic E-state index is 11.3. The van der Waals surface area contributed by atoms with Crippen LogP contribution < -0.4 is 4.74 Å². The fourth-order valence-corrected chi connectivity index (χ4v) is 1.76. The van der Waals surface area contributed by atoms with Crippen molar-refractivity contribution in [2.24, 2.45) is 0 Å². The molecular weight excluding hydrogens is 230 g/mol. The zero-order valence-corrected chi connectivity index (χ0v) is 10.6. The summed E-state index contributed by atoms with van der Waals surface area (Å²) in [5.74, 6) is 0.214. The first kappa shape index (κ1) is 12.4. The molecule has 0 bridgehead atoms. The van der Waals surface area contributed by atoms with Crippen LogP contribution in [0.4, 0.5) is 0 Å². The molecule has 4 heteroatoms. The van der Waals surface area contributed by atoms with Crippen molar-refractivity contribution in [1.82, 2.24) is 4.98 Å². The summed E-state index contributed by atoms with van der Waals surface area (Å²) in [5.41, 5.74) is 2.01. The number of esters is 1. The van der Waals surface area contributed by atoms with Crippen LogP contribution in [0.5, 0.6) is 5.75 Å². The molecule has 0 radical (unpaired) electrons. The topological polar surface area (TPSA) is 48.4 Å². The van der Waals surface area contributed by atoms with Crippen molar-refractivity contribution in [3.05, 3.63) is 36.0 Å². The van der Waals surface area contributed by atoms with E-state index in [9.17, 15) is 4.79 Å². The molecule has 1 heterocycles. The highest BCUT2D eigenvalue weighted by atomic mass is 16.6. The van der Waals surface area contributed by atoms with Crippen LogP contribution in [-0.2, 0) is 9.53 Å². The normalized spacial score (nSPS) is 12.2. The molecule has 0 aliphatic rings. The van der Waals surface area contributed by atoms with E-state index >= 15 is 0 Å². The summed E-state index contributed by atoms with van der Waals surface area (Å²) >= 11 is 0. The lowest BCUT2D eigenvalue weighted by Gasteiger charge is -2.12. The summed E-state index contributed by atoms with van der Waals surface area (Å²) in [6.45, 7) is 3.68. The minimum Gasteiger partial charge on any atom is -0.479 e. The van der Waals surface area contributed by atoms with E-state index in [2.05, 4.69) is 9.72 Å². The third kappa shape index (κ3) is 2.42. The average Bonchev–Trinajstić information content (AvgIpc) is 2.38. The van der Waals surface area contributed by atoms with Crippen LogP contribution in [0.25, 0.3) is 10.9 Å². The molecule has 1 atom stereocenters. The Hall–Kier alpha value is -2.10. The Labute approximate surface area is 106 Å². The number of aromatic nitrogens is 1. The van der Waals surface area contributed by atoms with Crippen molar-refractivity contribution in [3.8, 4) is 5.75 Å². The largest absolute Gasteiger partial charge is 0.479 e. The Morgan fingerprint density at radius 2 is 2.11 bits per heavy atom. The zero-order valence-electron chi connectivity index (χ0n) is 10.6. The molecule has 0 fully saturated rings.